The molecule has 1 aromatic carbocycles. The lowest BCUT2D eigenvalue weighted by atomic mass is 9.91. The van der Waals surface area contributed by atoms with Crippen LogP contribution in [-0.2, 0) is 0 Å². The van der Waals surface area contributed by atoms with Crippen molar-refractivity contribution in [2.24, 2.45) is 11.8 Å². The zero-order valence-electron chi connectivity index (χ0n) is 18.2. The van der Waals surface area contributed by atoms with Gasteiger partial charge in [0.1, 0.15) is 5.82 Å². The number of hydrogen-bond donors (Lipinski definition) is 0. The fourth-order valence-corrected chi connectivity index (χ4v) is 4.53. The van der Waals surface area contributed by atoms with E-state index in [9.17, 15) is 0 Å². The maximum Gasteiger partial charge on any atom is 0.161 e. The van der Waals surface area contributed by atoms with E-state index in [-0.39, 0.29) is 0 Å². The molecule has 154 valence electrons. The van der Waals surface area contributed by atoms with Crippen LogP contribution in [0.5, 0.6) is 11.5 Å². The van der Waals surface area contributed by atoms with E-state index in [1.807, 2.05) is 28.8 Å². The average molecular weight is 395 g/mol. The van der Waals surface area contributed by atoms with E-state index in [2.05, 4.69) is 32.6 Å². The number of methoxy groups -OCH3 is 2. The van der Waals surface area contributed by atoms with E-state index < -0.39 is 0 Å². The van der Waals surface area contributed by atoms with Gasteiger partial charge in [-0.3, -0.25) is 0 Å². The fraction of sp³-hybridized carbons (Fsp3) is 0.478. The van der Waals surface area contributed by atoms with Crippen molar-refractivity contribution in [1.82, 2.24) is 14.6 Å². The van der Waals surface area contributed by atoms with Gasteiger partial charge in [0.05, 0.1) is 19.9 Å². The van der Waals surface area contributed by atoms with E-state index in [1.54, 1.807) is 14.2 Å². The molecule has 0 saturated carbocycles. The second kappa shape index (κ2) is 7.58. The van der Waals surface area contributed by atoms with Crippen LogP contribution < -0.4 is 14.4 Å². The first-order chi connectivity index (χ1) is 13.9. The number of nitrogens with zero attached hydrogens (tertiary/aromatic N) is 4. The van der Waals surface area contributed by atoms with Crippen molar-refractivity contribution < 1.29 is 9.47 Å². The summed E-state index contributed by atoms with van der Waals surface area (Å²) in [5, 5.41) is 4.96. The molecular formula is C23H30N4O2. The second-order valence-corrected chi connectivity index (χ2v) is 8.37. The Labute approximate surface area is 172 Å². The number of ether oxygens (including phenoxy) is 2. The Bertz CT molecular complexity index is 1030. The molecule has 0 N–H and O–H groups in total. The minimum atomic E-state index is 0.669. The van der Waals surface area contributed by atoms with Crippen molar-refractivity contribution in [2.75, 3.05) is 32.2 Å². The maximum absolute atomic E-state index is 5.47. The van der Waals surface area contributed by atoms with Gasteiger partial charge in [0, 0.05) is 36.0 Å². The minimum Gasteiger partial charge on any atom is -0.493 e. The third kappa shape index (κ3) is 3.52. The summed E-state index contributed by atoms with van der Waals surface area (Å²) in [4.78, 5) is 7.30. The Hall–Kier alpha value is -2.76. The molecular weight excluding hydrogens is 364 g/mol. The van der Waals surface area contributed by atoms with Crippen molar-refractivity contribution in [3.05, 3.63) is 35.5 Å². The highest BCUT2D eigenvalue weighted by atomic mass is 16.5. The molecule has 1 saturated heterocycles. The lowest BCUT2D eigenvalue weighted by Crippen LogP contribution is -2.40. The van der Waals surface area contributed by atoms with Crippen molar-refractivity contribution in [1.29, 1.82) is 0 Å². The van der Waals surface area contributed by atoms with E-state index >= 15 is 0 Å². The molecule has 29 heavy (non-hydrogen) atoms. The quantitative estimate of drug-likeness (QED) is 0.652. The predicted molar refractivity (Wildman–Crippen MR) is 116 cm³/mol. The van der Waals surface area contributed by atoms with Gasteiger partial charge in [-0.2, -0.15) is 9.61 Å². The Morgan fingerprint density at radius 2 is 1.66 bits per heavy atom. The molecule has 0 radical (unpaired) electrons. The molecule has 1 aliphatic heterocycles. The summed E-state index contributed by atoms with van der Waals surface area (Å²) in [6, 6.07) is 7.93. The smallest absolute Gasteiger partial charge is 0.161 e. The standard InChI is InChI=1S/C23H30N4O2/c1-14-9-15(2)13-26(12-14)23-16(3)17(4)24-22-11-19(25-27(22)23)18-7-8-20(28-5)21(10-18)29-6/h7-8,10-11,14-15H,9,12-13H2,1-6H3. The molecule has 1 fully saturated rings. The van der Waals surface area contributed by atoms with Crippen LogP contribution in [-0.4, -0.2) is 41.9 Å². The van der Waals surface area contributed by atoms with E-state index in [4.69, 9.17) is 19.6 Å². The maximum atomic E-state index is 5.47. The lowest BCUT2D eigenvalue weighted by Gasteiger charge is -2.37. The highest BCUT2D eigenvalue weighted by Gasteiger charge is 2.26. The molecule has 2 atom stereocenters. The SMILES string of the molecule is COc1ccc(-c2cc3nc(C)c(C)c(N4CC(C)CC(C)C4)n3n2)cc1OC. The van der Waals surface area contributed by atoms with Crippen LogP contribution >= 0.6 is 0 Å². The average Bonchev–Trinajstić information content (AvgIpc) is 3.10. The van der Waals surface area contributed by atoms with Crippen LogP contribution in [0.1, 0.15) is 31.5 Å². The lowest BCUT2D eigenvalue weighted by molar-refractivity contribution is 0.354. The van der Waals surface area contributed by atoms with Gasteiger partial charge in [0.15, 0.2) is 17.1 Å². The summed E-state index contributed by atoms with van der Waals surface area (Å²) in [5.41, 5.74) is 4.98. The van der Waals surface area contributed by atoms with Gasteiger partial charge in [-0.05, 0) is 50.3 Å². The van der Waals surface area contributed by atoms with Crippen LogP contribution in [0.4, 0.5) is 5.82 Å². The van der Waals surface area contributed by atoms with E-state index in [1.165, 1.54) is 12.0 Å². The van der Waals surface area contributed by atoms with Gasteiger partial charge < -0.3 is 14.4 Å². The molecule has 2 aromatic heterocycles. The van der Waals surface area contributed by atoms with Crippen LogP contribution in [0, 0.1) is 25.7 Å². The van der Waals surface area contributed by atoms with Gasteiger partial charge in [0.2, 0.25) is 0 Å². The molecule has 3 heterocycles. The number of aryl methyl sites for hydroxylation is 1. The molecule has 3 aromatic rings. The number of rotatable bonds is 4. The molecule has 0 bridgehead atoms. The van der Waals surface area contributed by atoms with Crippen LogP contribution in [0.15, 0.2) is 24.3 Å². The van der Waals surface area contributed by atoms with Crippen LogP contribution in [0.25, 0.3) is 16.9 Å². The Morgan fingerprint density at radius 1 is 0.966 bits per heavy atom. The van der Waals surface area contributed by atoms with Gasteiger partial charge in [0.25, 0.3) is 0 Å². The molecule has 6 nitrogen and oxygen atoms in total. The normalized spacial score (nSPS) is 19.6. The molecule has 0 aliphatic carbocycles. The van der Waals surface area contributed by atoms with Gasteiger partial charge in [-0.1, -0.05) is 13.8 Å². The molecule has 2 unspecified atom stereocenters. The molecule has 6 heteroatoms. The largest absolute Gasteiger partial charge is 0.493 e. The number of piperidine rings is 1. The van der Waals surface area contributed by atoms with Crippen molar-refractivity contribution in [3.63, 3.8) is 0 Å². The number of hydrogen-bond acceptors (Lipinski definition) is 5. The number of anilines is 1. The third-order valence-corrected chi connectivity index (χ3v) is 5.90. The highest BCUT2D eigenvalue weighted by molar-refractivity contribution is 5.69. The summed E-state index contributed by atoms with van der Waals surface area (Å²) in [6.45, 7) is 11.0. The van der Waals surface area contributed by atoms with Gasteiger partial charge in [-0.15, -0.1) is 0 Å². The van der Waals surface area contributed by atoms with Crippen LogP contribution in [0.3, 0.4) is 0 Å². The van der Waals surface area contributed by atoms with Gasteiger partial charge in [-0.25, -0.2) is 4.98 Å². The Balaban J connectivity index is 1.84. The first-order valence-electron chi connectivity index (χ1n) is 10.3. The Kier molecular flexibility index (Phi) is 5.11. The number of fused-ring (bicyclic) bond motifs is 1. The summed E-state index contributed by atoms with van der Waals surface area (Å²) >= 11 is 0. The molecule has 0 amide bonds. The summed E-state index contributed by atoms with van der Waals surface area (Å²) in [6.07, 6.45) is 1.28. The second-order valence-electron chi connectivity index (χ2n) is 8.37. The van der Waals surface area contributed by atoms with Crippen molar-refractivity contribution in [3.8, 4) is 22.8 Å². The monoisotopic (exact) mass is 394 g/mol. The minimum absolute atomic E-state index is 0.669. The zero-order valence-corrected chi connectivity index (χ0v) is 18.2. The molecule has 4 rings (SSSR count). The number of aromatic nitrogens is 3. The van der Waals surface area contributed by atoms with Gasteiger partial charge >= 0.3 is 0 Å². The topological polar surface area (TPSA) is 51.9 Å². The zero-order chi connectivity index (χ0) is 20.7. The highest BCUT2D eigenvalue weighted by Crippen LogP contribution is 2.34. The first-order valence-corrected chi connectivity index (χ1v) is 10.3. The van der Waals surface area contributed by atoms with Crippen molar-refractivity contribution >= 4 is 11.5 Å². The van der Waals surface area contributed by atoms with E-state index in [0.29, 0.717) is 23.3 Å². The van der Waals surface area contributed by atoms with E-state index in [0.717, 1.165) is 41.5 Å². The summed E-state index contributed by atoms with van der Waals surface area (Å²) < 4.78 is 12.8. The fourth-order valence-electron chi connectivity index (χ4n) is 4.53. The predicted octanol–water partition coefficient (Wildman–Crippen LogP) is 4.51. The van der Waals surface area contributed by atoms with Crippen molar-refractivity contribution in [2.45, 2.75) is 34.1 Å². The molecule has 1 aliphatic rings. The summed E-state index contributed by atoms with van der Waals surface area (Å²) in [5.74, 6) is 3.91. The summed E-state index contributed by atoms with van der Waals surface area (Å²) in [7, 11) is 3.29. The Morgan fingerprint density at radius 3 is 2.31 bits per heavy atom. The third-order valence-electron chi connectivity index (χ3n) is 5.90. The first kappa shape index (κ1) is 19.6. The number of benzene rings is 1. The molecule has 0 spiro atoms. The van der Waals surface area contributed by atoms with Crippen LogP contribution in [0.2, 0.25) is 0 Å².